The van der Waals surface area contributed by atoms with Crippen molar-refractivity contribution in [2.75, 3.05) is 6.54 Å². The van der Waals surface area contributed by atoms with Gasteiger partial charge in [0.2, 0.25) is 5.91 Å². The highest BCUT2D eigenvalue weighted by atomic mass is 19.1. The Bertz CT molecular complexity index is 351. The lowest BCUT2D eigenvalue weighted by atomic mass is 10.1. The third-order valence-corrected chi connectivity index (χ3v) is 1.89. The lowest BCUT2D eigenvalue weighted by Crippen LogP contribution is -2.19. The van der Waals surface area contributed by atoms with Gasteiger partial charge in [-0.15, -0.1) is 0 Å². The zero-order valence-corrected chi connectivity index (χ0v) is 10.7. The van der Waals surface area contributed by atoms with Crippen LogP contribution in [-0.2, 0) is 4.79 Å². The predicted octanol–water partition coefficient (Wildman–Crippen LogP) is 3.44. The third-order valence-electron chi connectivity index (χ3n) is 1.89. The molecule has 0 aromatic carbocycles. The summed E-state index contributed by atoms with van der Waals surface area (Å²) >= 11 is 0. The van der Waals surface area contributed by atoms with Crippen LogP contribution >= 0.6 is 0 Å². The van der Waals surface area contributed by atoms with E-state index in [4.69, 9.17) is 0 Å². The molecule has 2 nitrogen and oxygen atoms in total. The van der Waals surface area contributed by atoms with E-state index in [0.717, 1.165) is 6.42 Å². The van der Waals surface area contributed by atoms with Gasteiger partial charge in [0.05, 0.1) is 0 Å². The van der Waals surface area contributed by atoms with Gasteiger partial charge >= 0.3 is 0 Å². The highest BCUT2D eigenvalue weighted by Crippen LogP contribution is 2.11. The summed E-state index contributed by atoms with van der Waals surface area (Å²) in [5.74, 6) is -0.569. The normalized spacial score (nSPS) is 13.6. The van der Waals surface area contributed by atoms with Crippen molar-refractivity contribution >= 4 is 5.91 Å². The Morgan fingerprint density at radius 3 is 2.41 bits per heavy atom. The summed E-state index contributed by atoms with van der Waals surface area (Å²) < 4.78 is 13.6. The van der Waals surface area contributed by atoms with Crippen LogP contribution in [0.1, 0.15) is 27.2 Å². The average Bonchev–Trinajstić information content (AvgIpc) is 2.29. The van der Waals surface area contributed by atoms with E-state index in [0.29, 0.717) is 12.1 Å². The van der Waals surface area contributed by atoms with Gasteiger partial charge in [0.25, 0.3) is 0 Å². The smallest absolute Gasteiger partial charge is 0.243 e. The number of rotatable bonds is 6. The summed E-state index contributed by atoms with van der Waals surface area (Å²) in [4.78, 5) is 11.2. The Kier molecular flexibility index (Phi) is 8.65. The molecule has 0 saturated carbocycles. The number of halogens is 1. The lowest BCUT2D eigenvalue weighted by molar-refractivity contribution is -0.116. The molecule has 0 radical (unpaired) electrons. The minimum Gasteiger partial charge on any atom is -0.353 e. The molecule has 0 aromatic heterocycles. The number of hydrogen-bond donors (Lipinski definition) is 1. The van der Waals surface area contributed by atoms with Crippen molar-refractivity contribution in [1.29, 1.82) is 0 Å². The van der Waals surface area contributed by atoms with Gasteiger partial charge in [-0.05, 0) is 32.4 Å². The van der Waals surface area contributed by atoms with Crippen LogP contribution in [0.25, 0.3) is 0 Å². The topological polar surface area (TPSA) is 29.1 Å². The molecule has 94 valence electrons. The molecule has 0 saturated heterocycles. The van der Waals surface area contributed by atoms with Crippen molar-refractivity contribution in [2.24, 2.45) is 0 Å². The zero-order chi connectivity index (χ0) is 13.1. The molecule has 0 atom stereocenters. The van der Waals surface area contributed by atoms with Gasteiger partial charge in [-0.25, -0.2) is 4.39 Å². The standard InChI is InChI=1S/C14H20FNO/c1-4-7-9-12(13(15)8-5-2)10-11-14(17)16-6-3/h5,7-11H,4,6H2,1-3H3,(H,16,17)/b8-5-,9-7+,11-10+,13-12-. The van der Waals surface area contributed by atoms with Gasteiger partial charge < -0.3 is 5.32 Å². The molecule has 1 amide bonds. The highest BCUT2D eigenvalue weighted by Gasteiger charge is 1.97. The summed E-state index contributed by atoms with van der Waals surface area (Å²) in [6.45, 7) is 6.10. The minimum absolute atomic E-state index is 0.219. The molecule has 0 aliphatic heterocycles. The fourth-order valence-corrected chi connectivity index (χ4v) is 1.10. The molecular weight excluding hydrogens is 217 g/mol. The number of likely N-dealkylation sites (N-methyl/N-ethyl adjacent to an activating group) is 1. The molecule has 0 spiro atoms. The molecule has 0 bridgehead atoms. The van der Waals surface area contributed by atoms with E-state index >= 15 is 0 Å². The maximum atomic E-state index is 13.6. The Balaban J connectivity index is 4.89. The zero-order valence-electron chi connectivity index (χ0n) is 10.7. The van der Waals surface area contributed by atoms with Crippen LogP contribution in [0.2, 0.25) is 0 Å². The molecule has 3 heteroatoms. The van der Waals surface area contributed by atoms with Gasteiger partial charge in [0.1, 0.15) is 5.83 Å². The first kappa shape index (κ1) is 15.4. The van der Waals surface area contributed by atoms with E-state index < -0.39 is 0 Å². The second kappa shape index (κ2) is 9.58. The Labute approximate surface area is 103 Å². The molecule has 1 N–H and O–H groups in total. The van der Waals surface area contributed by atoms with E-state index in [2.05, 4.69) is 5.32 Å². The van der Waals surface area contributed by atoms with Crippen molar-refractivity contribution in [3.63, 3.8) is 0 Å². The quantitative estimate of drug-likeness (QED) is 0.556. The number of nitrogens with one attached hydrogen (secondary N) is 1. The number of hydrogen-bond acceptors (Lipinski definition) is 1. The first-order valence-electron chi connectivity index (χ1n) is 5.80. The summed E-state index contributed by atoms with van der Waals surface area (Å²) in [5, 5.41) is 2.62. The van der Waals surface area contributed by atoms with Crippen LogP contribution in [-0.4, -0.2) is 12.5 Å². The van der Waals surface area contributed by atoms with Crippen LogP contribution in [0.5, 0.6) is 0 Å². The molecule has 17 heavy (non-hydrogen) atoms. The molecule has 0 aliphatic carbocycles. The average molecular weight is 237 g/mol. The van der Waals surface area contributed by atoms with Crippen LogP contribution < -0.4 is 5.32 Å². The predicted molar refractivity (Wildman–Crippen MR) is 70.2 cm³/mol. The van der Waals surface area contributed by atoms with Gasteiger partial charge in [-0.3, -0.25) is 4.79 Å². The Hall–Kier alpha value is -1.64. The molecule has 0 aliphatic rings. The number of carbonyl (C=O) groups is 1. The molecule has 0 unspecified atom stereocenters. The summed E-state index contributed by atoms with van der Waals surface area (Å²) in [7, 11) is 0. The summed E-state index contributed by atoms with van der Waals surface area (Å²) in [6.07, 6.45) is 10.1. The second-order valence-corrected chi connectivity index (χ2v) is 3.34. The molecule has 0 fully saturated rings. The summed E-state index contributed by atoms with van der Waals surface area (Å²) in [6, 6.07) is 0. The van der Waals surface area contributed by atoms with Crippen LogP contribution in [0.15, 0.2) is 47.9 Å². The fourth-order valence-electron chi connectivity index (χ4n) is 1.10. The molecule has 0 rings (SSSR count). The fraction of sp³-hybridized carbons (Fsp3) is 0.357. The van der Waals surface area contributed by atoms with E-state index in [1.54, 1.807) is 19.1 Å². The molecule has 0 heterocycles. The van der Waals surface area contributed by atoms with Crippen molar-refractivity contribution in [3.05, 3.63) is 47.9 Å². The van der Waals surface area contributed by atoms with Crippen LogP contribution in [0, 0.1) is 0 Å². The monoisotopic (exact) mass is 237 g/mol. The van der Waals surface area contributed by atoms with E-state index in [1.165, 1.54) is 18.2 Å². The Morgan fingerprint density at radius 1 is 1.18 bits per heavy atom. The minimum atomic E-state index is -0.349. The SMILES string of the molecule is C\C=C/C(F)=C(\C=C\CC)/C=C/C(=O)NCC. The van der Waals surface area contributed by atoms with Crippen molar-refractivity contribution in [2.45, 2.75) is 27.2 Å². The van der Waals surface area contributed by atoms with Crippen LogP contribution in [0.3, 0.4) is 0 Å². The number of amides is 1. The lowest BCUT2D eigenvalue weighted by Gasteiger charge is -1.97. The van der Waals surface area contributed by atoms with E-state index in [-0.39, 0.29) is 11.7 Å². The van der Waals surface area contributed by atoms with Gasteiger partial charge in [-0.2, -0.15) is 0 Å². The van der Waals surface area contributed by atoms with Crippen molar-refractivity contribution in [1.82, 2.24) is 5.32 Å². The first-order chi connectivity index (χ1) is 8.15. The number of allylic oxidation sites excluding steroid dienone is 7. The Morgan fingerprint density at radius 2 is 1.88 bits per heavy atom. The maximum Gasteiger partial charge on any atom is 0.243 e. The third kappa shape index (κ3) is 7.28. The highest BCUT2D eigenvalue weighted by molar-refractivity contribution is 5.88. The maximum absolute atomic E-state index is 13.6. The molecular formula is C14H20FNO. The van der Waals surface area contributed by atoms with E-state index in [1.807, 2.05) is 19.9 Å². The van der Waals surface area contributed by atoms with Gasteiger partial charge in [0, 0.05) is 18.2 Å². The molecule has 0 aromatic rings. The summed E-state index contributed by atoms with van der Waals surface area (Å²) in [5.41, 5.74) is 0.399. The second-order valence-electron chi connectivity index (χ2n) is 3.34. The van der Waals surface area contributed by atoms with Crippen LogP contribution in [0.4, 0.5) is 4.39 Å². The van der Waals surface area contributed by atoms with Crippen molar-refractivity contribution < 1.29 is 9.18 Å². The van der Waals surface area contributed by atoms with Gasteiger partial charge in [0.15, 0.2) is 0 Å². The first-order valence-corrected chi connectivity index (χ1v) is 5.80. The van der Waals surface area contributed by atoms with Crippen molar-refractivity contribution in [3.8, 4) is 0 Å². The largest absolute Gasteiger partial charge is 0.353 e. The number of carbonyl (C=O) groups excluding carboxylic acids is 1. The van der Waals surface area contributed by atoms with E-state index in [9.17, 15) is 9.18 Å². The van der Waals surface area contributed by atoms with Gasteiger partial charge in [-0.1, -0.05) is 25.2 Å².